The van der Waals surface area contributed by atoms with Crippen LogP contribution in [0.5, 0.6) is 0 Å². The van der Waals surface area contributed by atoms with Crippen LogP contribution in [0, 0.1) is 11.3 Å². The van der Waals surface area contributed by atoms with E-state index in [1.807, 2.05) is 47.9 Å². The Morgan fingerprint density at radius 3 is 2.64 bits per heavy atom. The standard InChI is InChI=1S/C19H10ClN3S2/c20-14-7-5-12(6-8-14)9-13(10-21)18-23-16(11-24-18)19-22-15-3-1-2-4-17(15)25-19/h1-9,11H/b13-9+. The Kier molecular flexibility index (Phi) is 4.33. The molecule has 0 radical (unpaired) electrons. The predicted molar refractivity (Wildman–Crippen MR) is 106 cm³/mol. The first-order valence-corrected chi connectivity index (χ1v) is 9.49. The molecule has 2 aromatic carbocycles. The number of allylic oxidation sites excluding steroid dienone is 1. The highest BCUT2D eigenvalue weighted by Crippen LogP contribution is 2.32. The third-order valence-corrected chi connectivity index (χ3v) is 5.74. The van der Waals surface area contributed by atoms with Crippen LogP contribution < -0.4 is 0 Å². The normalized spacial score (nSPS) is 11.6. The fraction of sp³-hybridized carbons (Fsp3) is 0. The van der Waals surface area contributed by atoms with Gasteiger partial charge in [-0.3, -0.25) is 0 Å². The number of halogens is 1. The Balaban J connectivity index is 1.69. The zero-order chi connectivity index (χ0) is 17.2. The molecule has 0 unspecified atom stereocenters. The molecule has 0 atom stereocenters. The highest BCUT2D eigenvalue weighted by Gasteiger charge is 2.12. The number of para-hydroxylation sites is 1. The Hall–Kier alpha value is -2.52. The highest BCUT2D eigenvalue weighted by atomic mass is 35.5. The molecule has 0 spiro atoms. The van der Waals surface area contributed by atoms with E-state index in [1.165, 1.54) is 11.3 Å². The van der Waals surface area contributed by atoms with E-state index in [-0.39, 0.29) is 0 Å². The first kappa shape index (κ1) is 16.0. The molecule has 0 fully saturated rings. The van der Waals surface area contributed by atoms with Crippen molar-refractivity contribution in [3.05, 3.63) is 69.5 Å². The fourth-order valence-electron chi connectivity index (χ4n) is 2.34. The molecule has 6 heteroatoms. The van der Waals surface area contributed by atoms with Crippen LogP contribution in [0.2, 0.25) is 5.02 Å². The van der Waals surface area contributed by atoms with Crippen LogP contribution in [0.4, 0.5) is 0 Å². The Bertz CT molecular complexity index is 1080. The van der Waals surface area contributed by atoms with Gasteiger partial charge in [0.25, 0.3) is 0 Å². The van der Waals surface area contributed by atoms with Crippen LogP contribution in [0.3, 0.4) is 0 Å². The van der Waals surface area contributed by atoms with Crippen LogP contribution in [0.25, 0.3) is 32.6 Å². The van der Waals surface area contributed by atoms with Crippen LogP contribution in [0.1, 0.15) is 10.6 Å². The molecule has 2 heterocycles. The van der Waals surface area contributed by atoms with Crippen molar-refractivity contribution in [1.82, 2.24) is 9.97 Å². The summed E-state index contributed by atoms with van der Waals surface area (Å²) < 4.78 is 1.13. The van der Waals surface area contributed by atoms with Crippen molar-refractivity contribution in [2.75, 3.05) is 0 Å². The van der Waals surface area contributed by atoms with Gasteiger partial charge in [0.1, 0.15) is 21.8 Å². The molecule has 3 nitrogen and oxygen atoms in total. The number of rotatable bonds is 3. The molecule has 0 aliphatic heterocycles. The molecule has 120 valence electrons. The minimum atomic E-state index is 0.527. The second-order valence-corrected chi connectivity index (χ2v) is 7.57. The van der Waals surface area contributed by atoms with Gasteiger partial charge in [0.15, 0.2) is 0 Å². The Labute approximate surface area is 157 Å². The third-order valence-electron chi connectivity index (χ3n) is 3.55. The molecule has 0 saturated carbocycles. The van der Waals surface area contributed by atoms with Crippen LogP contribution >= 0.6 is 34.3 Å². The number of hydrogen-bond acceptors (Lipinski definition) is 5. The summed E-state index contributed by atoms with van der Waals surface area (Å²) in [6, 6.07) is 17.6. The van der Waals surface area contributed by atoms with Crippen LogP contribution in [0.15, 0.2) is 53.9 Å². The van der Waals surface area contributed by atoms with Crippen molar-refractivity contribution in [3.63, 3.8) is 0 Å². The van der Waals surface area contributed by atoms with E-state index in [9.17, 15) is 5.26 Å². The SMILES string of the molecule is N#C/C(=C\c1ccc(Cl)cc1)c1nc(-c2nc3ccccc3s2)cs1. The quantitative estimate of drug-likeness (QED) is 0.402. The van der Waals surface area contributed by atoms with Crippen LogP contribution in [-0.2, 0) is 0 Å². The molecule has 0 aliphatic carbocycles. The Morgan fingerprint density at radius 2 is 1.88 bits per heavy atom. The topological polar surface area (TPSA) is 49.6 Å². The summed E-state index contributed by atoms with van der Waals surface area (Å²) in [6.07, 6.45) is 1.82. The van der Waals surface area contributed by atoms with Crippen LogP contribution in [-0.4, -0.2) is 9.97 Å². The molecule has 2 aromatic heterocycles. The van der Waals surface area contributed by atoms with E-state index >= 15 is 0 Å². The number of fused-ring (bicyclic) bond motifs is 1. The van der Waals surface area contributed by atoms with Gasteiger partial charge in [-0.2, -0.15) is 5.26 Å². The second kappa shape index (κ2) is 6.77. The summed E-state index contributed by atoms with van der Waals surface area (Å²) in [7, 11) is 0. The van der Waals surface area contributed by atoms with Crippen molar-refractivity contribution < 1.29 is 0 Å². The number of benzene rings is 2. The average molecular weight is 380 g/mol. The maximum atomic E-state index is 9.50. The summed E-state index contributed by atoms with van der Waals surface area (Å²) >= 11 is 8.95. The molecule has 25 heavy (non-hydrogen) atoms. The molecular formula is C19H10ClN3S2. The second-order valence-electron chi connectivity index (χ2n) is 5.25. The van der Waals surface area contributed by atoms with E-state index in [1.54, 1.807) is 23.5 Å². The van der Waals surface area contributed by atoms with Gasteiger partial charge in [0.05, 0.1) is 15.8 Å². The van der Waals surface area contributed by atoms with E-state index in [4.69, 9.17) is 11.6 Å². The van der Waals surface area contributed by atoms with E-state index in [2.05, 4.69) is 16.0 Å². The summed E-state index contributed by atoms with van der Waals surface area (Å²) in [6.45, 7) is 0. The van der Waals surface area contributed by atoms with Crippen molar-refractivity contribution >= 4 is 56.1 Å². The number of hydrogen-bond donors (Lipinski definition) is 0. The van der Waals surface area contributed by atoms with Gasteiger partial charge >= 0.3 is 0 Å². The zero-order valence-corrected chi connectivity index (χ0v) is 15.2. The fourth-order valence-corrected chi connectivity index (χ4v) is 4.24. The smallest absolute Gasteiger partial charge is 0.144 e. The number of thiazole rings is 2. The summed E-state index contributed by atoms with van der Waals surface area (Å²) in [4.78, 5) is 9.23. The van der Waals surface area contributed by atoms with E-state index < -0.39 is 0 Å². The van der Waals surface area contributed by atoms with E-state index in [0.717, 1.165) is 26.5 Å². The monoisotopic (exact) mass is 379 g/mol. The maximum absolute atomic E-state index is 9.50. The molecule has 0 bridgehead atoms. The lowest BCUT2D eigenvalue weighted by molar-refractivity contribution is 1.34. The average Bonchev–Trinajstić information content (AvgIpc) is 3.28. The van der Waals surface area contributed by atoms with E-state index in [0.29, 0.717) is 15.6 Å². The molecule has 0 N–H and O–H groups in total. The van der Waals surface area contributed by atoms with Gasteiger partial charge in [-0.1, -0.05) is 35.9 Å². The minimum Gasteiger partial charge on any atom is -0.234 e. The number of nitriles is 1. The van der Waals surface area contributed by atoms with Crippen molar-refractivity contribution in [2.45, 2.75) is 0 Å². The van der Waals surface area contributed by atoms with Crippen molar-refractivity contribution in [3.8, 4) is 16.8 Å². The van der Waals surface area contributed by atoms with Gasteiger partial charge in [-0.05, 0) is 35.9 Å². The van der Waals surface area contributed by atoms with Crippen molar-refractivity contribution in [1.29, 1.82) is 5.26 Å². The minimum absolute atomic E-state index is 0.527. The molecule has 4 aromatic rings. The number of nitrogens with zero attached hydrogens (tertiary/aromatic N) is 3. The van der Waals surface area contributed by atoms with Gasteiger partial charge in [0, 0.05) is 10.4 Å². The maximum Gasteiger partial charge on any atom is 0.144 e. The van der Waals surface area contributed by atoms with Gasteiger partial charge < -0.3 is 0 Å². The molecule has 0 aliphatic rings. The predicted octanol–water partition coefficient (Wildman–Crippen LogP) is 6.14. The first-order chi connectivity index (χ1) is 12.2. The van der Waals surface area contributed by atoms with Gasteiger partial charge in [-0.15, -0.1) is 22.7 Å². The summed E-state index contributed by atoms with van der Waals surface area (Å²) in [5, 5.41) is 13.7. The lowest BCUT2D eigenvalue weighted by Crippen LogP contribution is -1.82. The Morgan fingerprint density at radius 1 is 1.08 bits per heavy atom. The lowest BCUT2D eigenvalue weighted by Gasteiger charge is -1.96. The van der Waals surface area contributed by atoms with Gasteiger partial charge in [-0.25, -0.2) is 9.97 Å². The molecule has 4 rings (SSSR count). The van der Waals surface area contributed by atoms with Gasteiger partial charge in [0.2, 0.25) is 0 Å². The highest BCUT2D eigenvalue weighted by molar-refractivity contribution is 7.22. The van der Waals surface area contributed by atoms with Crippen molar-refractivity contribution in [2.24, 2.45) is 0 Å². The molecule has 0 amide bonds. The summed E-state index contributed by atoms with van der Waals surface area (Å²) in [5.41, 5.74) is 3.21. The molecule has 0 saturated heterocycles. The lowest BCUT2D eigenvalue weighted by atomic mass is 10.1. The number of aromatic nitrogens is 2. The third kappa shape index (κ3) is 3.33. The zero-order valence-electron chi connectivity index (χ0n) is 12.8. The summed E-state index contributed by atoms with van der Waals surface area (Å²) in [5.74, 6) is 0. The largest absolute Gasteiger partial charge is 0.234 e. The molecular weight excluding hydrogens is 370 g/mol. The first-order valence-electron chi connectivity index (χ1n) is 7.42.